The van der Waals surface area contributed by atoms with Crippen molar-refractivity contribution in [2.24, 2.45) is 11.3 Å². The van der Waals surface area contributed by atoms with Crippen LogP contribution >= 0.6 is 0 Å². The van der Waals surface area contributed by atoms with Crippen molar-refractivity contribution in [1.82, 2.24) is 5.32 Å². The Labute approximate surface area is 112 Å². The molecule has 1 aliphatic heterocycles. The van der Waals surface area contributed by atoms with E-state index in [1.807, 2.05) is 0 Å². The van der Waals surface area contributed by atoms with Crippen LogP contribution in [0.5, 0.6) is 0 Å². The Morgan fingerprint density at radius 2 is 1.94 bits per heavy atom. The molecule has 1 heterocycles. The van der Waals surface area contributed by atoms with E-state index in [0.717, 1.165) is 38.5 Å². The summed E-state index contributed by atoms with van der Waals surface area (Å²) in [6.07, 6.45) is 5.66. The van der Waals surface area contributed by atoms with Crippen molar-refractivity contribution >= 4 is 0 Å². The highest BCUT2D eigenvalue weighted by Crippen LogP contribution is 2.29. The highest BCUT2D eigenvalue weighted by atomic mass is 16.5. The largest absolute Gasteiger partial charge is 0.396 e. The molecule has 2 unspecified atom stereocenters. The zero-order chi connectivity index (χ0) is 13.4. The molecule has 108 valence electrons. The second-order valence-corrected chi connectivity index (χ2v) is 5.93. The Hall–Kier alpha value is -0.120. The van der Waals surface area contributed by atoms with Gasteiger partial charge in [0.1, 0.15) is 0 Å². The van der Waals surface area contributed by atoms with E-state index in [1.54, 1.807) is 0 Å². The molecule has 3 heteroatoms. The normalized spacial score (nSPS) is 22.7. The second kappa shape index (κ2) is 8.13. The van der Waals surface area contributed by atoms with E-state index in [4.69, 9.17) is 4.74 Å². The van der Waals surface area contributed by atoms with Crippen LogP contribution in [-0.4, -0.2) is 37.5 Å². The summed E-state index contributed by atoms with van der Waals surface area (Å²) in [5, 5.41) is 13.4. The zero-order valence-electron chi connectivity index (χ0n) is 12.4. The number of hydrogen-bond acceptors (Lipinski definition) is 3. The fourth-order valence-corrected chi connectivity index (χ4v) is 2.95. The molecule has 0 aromatic carbocycles. The SMILES string of the molecule is CCCC(C)C(CC)NCC1(CO)CCOCC1. The molecule has 0 aromatic heterocycles. The number of nitrogens with one attached hydrogen (secondary N) is 1. The first-order valence-electron chi connectivity index (χ1n) is 7.59. The highest BCUT2D eigenvalue weighted by Gasteiger charge is 2.32. The molecular formula is C15H31NO2. The minimum absolute atomic E-state index is 0.0532. The fraction of sp³-hybridized carbons (Fsp3) is 1.00. The van der Waals surface area contributed by atoms with E-state index < -0.39 is 0 Å². The quantitative estimate of drug-likeness (QED) is 0.702. The maximum Gasteiger partial charge on any atom is 0.0501 e. The van der Waals surface area contributed by atoms with Crippen LogP contribution in [0.4, 0.5) is 0 Å². The van der Waals surface area contributed by atoms with Gasteiger partial charge in [0.05, 0.1) is 6.61 Å². The van der Waals surface area contributed by atoms with E-state index in [0.29, 0.717) is 6.04 Å². The van der Waals surface area contributed by atoms with Crippen LogP contribution in [0.15, 0.2) is 0 Å². The van der Waals surface area contributed by atoms with Gasteiger partial charge in [-0.1, -0.05) is 27.2 Å². The van der Waals surface area contributed by atoms with Crippen molar-refractivity contribution in [3.63, 3.8) is 0 Å². The predicted octanol–water partition coefficient (Wildman–Crippen LogP) is 2.58. The van der Waals surface area contributed by atoms with Crippen LogP contribution in [0.1, 0.15) is 52.9 Å². The monoisotopic (exact) mass is 257 g/mol. The van der Waals surface area contributed by atoms with E-state index in [9.17, 15) is 5.11 Å². The van der Waals surface area contributed by atoms with Gasteiger partial charge in [0, 0.05) is 31.2 Å². The Kier molecular flexibility index (Phi) is 7.20. The number of aliphatic hydroxyl groups is 1. The molecule has 2 N–H and O–H groups in total. The molecule has 0 aliphatic carbocycles. The highest BCUT2D eigenvalue weighted by molar-refractivity contribution is 4.85. The summed E-state index contributed by atoms with van der Waals surface area (Å²) in [4.78, 5) is 0. The zero-order valence-corrected chi connectivity index (χ0v) is 12.4. The molecule has 18 heavy (non-hydrogen) atoms. The van der Waals surface area contributed by atoms with Gasteiger partial charge in [0.25, 0.3) is 0 Å². The molecule has 0 bridgehead atoms. The average molecular weight is 257 g/mol. The van der Waals surface area contributed by atoms with Gasteiger partial charge in [-0.15, -0.1) is 0 Å². The second-order valence-electron chi connectivity index (χ2n) is 5.93. The average Bonchev–Trinajstić information content (AvgIpc) is 2.41. The molecule has 2 atom stereocenters. The van der Waals surface area contributed by atoms with E-state index in [1.165, 1.54) is 19.3 Å². The molecule has 1 rings (SSSR count). The molecule has 0 aromatic rings. The summed E-state index contributed by atoms with van der Waals surface area (Å²) < 4.78 is 5.41. The smallest absolute Gasteiger partial charge is 0.0501 e. The lowest BCUT2D eigenvalue weighted by Crippen LogP contribution is -2.46. The van der Waals surface area contributed by atoms with Gasteiger partial charge in [0.2, 0.25) is 0 Å². The Morgan fingerprint density at radius 3 is 2.44 bits per heavy atom. The minimum atomic E-state index is 0.0532. The Morgan fingerprint density at radius 1 is 1.28 bits per heavy atom. The van der Waals surface area contributed by atoms with Crippen LogP contribution in [-0.2, 0) is 4.74 Å². The molecule has 1 fully saturated rings. The fourth-order valence-electron chi connectivity index (χ4n) is 2.95. The van der Waals surface area contributed by atoms with Crippen molar-refractivity contribution < 1.29 is 9.84 Å². The summed E-state index contributed by atoms with van der Waals surface area (Å²) in [5.74, 6) is 0.718. The minimum Gasteiger partial charge on any atom is -0.396 e. The van der Waals surface area contributed by atoms with Gasteiger partial charge >= 0.3 is 0 Å². The van der Waals surface area contributed by atoms with Crippen LogP contribution in [0.25, 0.3) is 0 Å². The maximum atomic E-state index is 9.67. The van der Waals surface area contributed by atoms with Crippen molar-refractivity contribution in [3.05, 3.63) is 0 Å². The molecule has 0 spiro atoms. The third-order valence-electron chi connectivity index (χ3n) is 4.50. The molecule has 1 aliphatic rings. The number of rotatable bonds is 8. The summed E-state index contributed by atoms with van der Waals surface area (Å²) in [7, 11) is 0. The third kappa shape index (κ3) is 4.52. The summed E-state index contributed by atoms with van der Waals surface area (Å²) in [6.45, 7) is 9.63. The lowest BCUT2D eigenvalue weighted by molar-refractivity contribution is -0.0174. The molecule has 1 saturated heterocycles. The van der Waals surface area contributed by atoms with Crippen LogP contribution < -0.4 is 5.32 Å². The van der Waals surface area contributed by atoms with E-state index in [2.05, 4.69) is 26.1 Å². The molecule has 0 amide bonds. The summed E-state index contributed by atoms with van der Waals surface area (Å²) >= 11 is 0. The predicted molar refractivity (Wildman–Crippen MR) is 75.7 cm³/mol. The first-order chi connectivity index (χ1) is 8.67. The van der Waals surface area contributed by atoms with E-state index in [-0.39, 0.29) is 12.0 Å². The maximum absolute atomic E-state index is 9.67. The first kappa shape index (κ1) is 15.9. The Bertz CT molecular complexity index is 215. The Balaban J connectivity index is 2.44. The molecule has 3 nitrogen and oxygen atoms in total. The lowest BCUT2D eigenvalue weighted by atomic mass is 9.80. The summed E-state index contributed by atoms with van der Waals surface area (Å²) in [6, 6.07) is 0.580. The van der Waals surface area contributed by atoms with Crippen molar-refractivity contribution in [1.29, 1.82) is 0 Å². The lowest BCUT2D eigenvalue weighted by Gasteiger charge is -2.37. The van der Waals surface area contributed by atoms with E-state index >= 15 is 0 Å². The third-order valence-corrected chi connectivity index (χ3v) is 4.50. The molecule has 0 saturated carbocycles. The van der Waals surface area contributed by atoms with Crippen LogP contribution in [0.2, 0.25) is 0 Å². The van der Waals surface area contributed by atoms with Crippen LogP contribution in [0, 0.1) is 11.3 Å². The molecule has 0 radical (unpaired) electrons. The van der Waals surface area contributed by atoms with Gasteiger partial charge < -0.3 is 15.2 Å². The summed E-state index contributed by atoms with van der Waals surface area (Å²) in [5.41, 5.74) is 0.0532. The van der Waals surface area contributed by atoms with Crippen LogP contribution in [0.3, 0.4) is 0 Å². The van der Waals surface area contributed by atoms with Gasteiger partial charge in [-0.2, -0.15) is 0 Å². The standard InChI is InChI=1S/C15H31NO2/c1-4-6-13(3)14(5-2)16-11-15(12-17)7-9-18-10-8-15/h13-14,16-17H,4-12H2,1-3H3. The number of aliphatic hydroxyl groups excluding tert-OH is 1. The van der Waals surface area contributed by atoms with Gasteiger partial charge in [-0.25, -0.2) is 0 Å². The van der Waals surface area contributed by atoms with Crippen molar-refractivity contribution in [2.75, 3.05) is 26.4 Å². The van der Waals surface area contributed by atoms with Crippen molar-refractivity contribution in [2.45, 2.75) is 58.9 Å². The first-order valence-corrected chi connectivity index (χ1v) is 7.59. The number of ether oxygens (including phenoxy) is 1. The van der Waals surface area contributed by atoms with Crippen molar-refractivity contribution in [3.8, 4) is 0 Å². The van der Waals surface area contributed by atoms with Gasteiger partial charge in [-0.05, 0) is 31.6 Å². The van der Waals surface area contributed by atoms with Gasteiger partial charge in [0.15, 0.2) is 0 Å². The topological polar surface area (TPSA) is 41.5 Å². The molecular weight excluding hydrogens is 226 g/mol. The van der Waals surface area contributed by atoms with Gasteiger partial charge in [-0.3, -0.25) is 0 Å². The number of hydrogen-bond donors (Lipinski definition) is 2.